The number of amides is 3. The van der Waals surface area contributed by atoms with Gasteiger partial charge in [0.2, 0.25) is 11.8 Å². The molecule has 150 valence electrons. The Kier molecular flexibility index (Phi) is 5.10. The van der Waals surface area contributed by atoms with Gasteiger partial charge in [-0.1, -0.05) is 6.92 Å². The van der Waals surface area contributed by atoms with Crippen LogP contribution in [0.3, 0.4) is 0 Å². The van der Waals surface area contributed by atoms with E-state index in [0.29, 0.717) is 24.6 Å². The van der Waals surface area contributed by atoms with E-state index < -0.39 is 6.04 Å². The molecular weight excluding hydrogens is 358 g/mol. The maximum atomic E-state index is 12.8. The molecule has 0 bridgehead atoms. The standard InChI is InChI=1S/C21H27N3O4/c1-3-23-10-4-5-17(23)13(2)28-15-6-7-16-14(11-15)12-24(21(16)27)18-8-9-19(25)22-20(18)26/h6-7,11,13,17-18H,3-5,8-10,12H2,1-2H3,(H,22,25,26). The highest BCUT2D eigenvalue weighted by Gasteiger charge is 2.39. The van der Waals surface area contributed by atoms with Gasteiger partial charge in [0.25, 0.3) is 5.91 Å². The van der Waals surface area contributed by atoms with Crippen LogP contribution in [0.1, 0.15) is 55.5 Å². The Labute approximate surface area is 165 Å². The molecule has 4 rings (SSSR count). The third-order valence-corrected chi connectivity index (χ3v) is 6.18. The van der Waals surface area contributed by atoms with Crippen LogP contribution in [-0.2, 0) is 16.1 Å². The number of likely N-dealkylation sites (N-methyl/N-ethyl adjacent to an activating group) is 1. The molecule has 7 nitrogen and oxygen atoms in total. The van der Waals surface area contributed by atoms with Gasteiger partial charge in [-0.2, -0.15) is 0 Å². The van der Waals surface area contributed by atoms with E-state index in [1.54, 1.807) is 11.0 Å². The average Bonchev–Trinajstić information content (AvgIpc) is 3.26. The van der Waals surface area contributed by atoms with Crippen LogP contribution in [0.25, 0.3) is 0 Å². The molecular formula is C21H27N3O4. The molecule has 3 amide bonds. The van der Waals surface area contributed by atoms with Gasteiger partial charge < -0.3 is 9.64 Å². The van der Waals surface area contributed by atoms with E-state index in [0.717, 1.165) is 30.8 Å². The molecule has 3 unspecified atom stereocenters. The van der Waals surface area contributed by atoms with Crippen LogP contribution in [0.5, 0.6) is 5.75 Å². The molecule has 1 N–H and O–H groups in total. The van der Waals surface area contributed by atoms with E-state index in [9.17, 15) is 14.4 Å². The van der Waals surface area contributed by atoms with Gasteiger partial charge in [0.05, 0.1) is 0 Å². The molecule has 0 aromatic heterocycles. The van der Waals surface area contributed by atoms with Crippen molar-refractivity contribution in [3.8, 4) is 5.75 Å². The molecule has 0 aliphatic carbocycles. The summed E-state index contributed by atoms with van der Waals surface area (Å²) in [6.45, 7) is 6.80. The van der Waals surface area contributed by atoms with E-state index >= 15 is 0 Å². The van der Waals surface area contributed by atoms with Crippen molar-refractivity contribution in [2.24, 2.45) is 0 Å². The second-order valence-corrected chi connectivity index (χ2v) is 7.88. The van der Waals surface area contributed by atoms with Gasteiger partial charge in [0, 0.05) is 24.6 Å². The number of benzene rings is 1. The number of carbonyl (C=O) groups excluding carboxylic acids is 3. The van der Waals surface area contributed by atoms with E-state index in [1.165, 1.54) is 6.42 Å². The van der Waals surface area contributed by atoms with Gasteiger partial charge in [-0.05, 0) is 63.0 Å². The van der Waals surface area contributed by atoms with E-state index in [-0.39, 0.29) is 30.2 Å². The zero-order valence-electron chi connectivity index (χ0n) is 16.4. The van der Waals surface area contributed by atoms with E-state index in [2.05, 4.69) is 24.1 Å². The number of hydrogen-bond acceptors (Lipinski definition) is 5. The zero-order chi connectivity index (χ0) is 19.8. The highest BCUT2D eigenvalue weighted by atomic mass is 16.5. The van der Waals surface area contributed by atoms with Crippen molar-refractivity contribution < 1.29 is 19.1 Å². The number of rotatable bonds is 5. The van der Waals surface area contributed by atoms with Gasteiger partial charge in [0.1, 0.15) is 17.9 Å². The normalized spacial score (nSPS) is 26.4. The number of hydrogen-bond donors (Lipinski definition) is 1. The lowest BCUT2D eigenvalue weighted by atomic mass is 10.0. The largest absolute Gasteiger partial charge is 0.489 e. The van der Waals surface area contributed by atoms with Gasteiger partial charge >= 0.3 is 0 Å². The van der Waals surface area contributed by atoms with Crippen molar-refractivity contribution in [2.75, 3.05) is 13.1 Å². The monoisotopic (exact) mass is 385 g/mol. The maximum Gasteiger partial charge on any atom is 0.255 e. The molecule has 1 aromatic carbocycles. The lowest BCUT2D eigenvalue weighted by molar-refractivity contribution is -0.136. The van der Waals surface area contributed by atoms with Crippen LogP contribution < -0.4 is 10.1 Å². The Morgan fingerprint density at radius 1 is 1.25 bits per heavy atom. The summed E-state index contributed by atoms with van der Waals surface area (Å²) in [5, 5.41) is 2.33. The number of likely N-dealkylation sites (tertiary alicyclic amines) is 1. The van der Waals surface area contributed by atoms with Crippen LogP contribution >= 0.6 is 0 Å². The summed E-state index contributed by atoms with van der Waals surface area (Å²) in [4.78, 5) is 40.3. The predicted octanol–water partition coefficient (Wildman–Crippen LogP) is 1.70. The molecule has 3 atom stereocenters. The maximum absolute atomic E-state index is 12.8. The van der Waals surface area contributed by atoms with Crippen molar-refractivity contribution in [3.63, 3.8) is 0 Å². The Bertz CT molecular complexity index is 809. The minimum absolute atomic E-state index is 0.0730. The highest BCUT2D eigenvalue weighted by Crippen LogP contribution is 2.31. The van der Waals surface area contributed by atoms with E-state index in [1.807, 2.05) is 12.1 Å². The quantitative estimate of drug-likeness (QED) is 0.781. The molecule has 3 aliphatic rings. The Balaban J connectivity index is 1.46. The number of piperidine rings is 1. The van der Waals surface area contributed by atoms with Crippen LogP contribution in [-0.4, -0.2) is 58.8 Å². The Morgan fingerprint density at radius 2 is 2.07 bits per heavy atom. The first-order chi connectivity index (χ1) is 13.5. The molecule has 3 heterocycles. The van der Waals surface area contributed by atoms with Gasteiger partial charge in [-0.3, -0.25) is 24.6 Å². The molecule has 28 heavy (non-hydrogen) atoms. The van der Waals surface area contributed by atoms with Crippen LogP contribution in [0, 0.1) is 0 Å². The first-order valence-electron chi connectivity index (χ1n) is 10.2. The van der Waals surface area contributed by atoms with Crippen molar-refractivity contribution in [1.29, 1.82) is 0 Å². The smallest absolute Gasteiger partial charge is 0.255 e. The molecule has 1 aromatic rings. The lowest BCUT2D eigenvalue weighted by Gasteiger charge is -2.29. The summed E-state index contributed by atoms with van der Waals surface area (Å²) in [7, 11) is 0. The van der Waals surface area contributed by atoms with Crippen LogP contribution in [0.2, 0.25) is 0 Å². The van der Waals surface area contributed by atoms with Crippen LogP contribution in [0.4, 0.5) is 0 Å². The number of nitrogens with zero attached hydrogens (tertiary/aromatic N) is 2. The van der Waals surface area contributed by atoms with Gasteiger partial charge in [-0.15, -0.1) is 0 Å². The highest BCUT2D eigenvalue weighted by molar-refractivity contribution is 6.05. The van der Waals surface area contributed by atoms with E-state index in [4.69, 9.17) is 4.74 Å². The molecule has 0 radical (unpaired) electrons. The van der Waals surface area contributed by atoms with Gasteiger partial charge in [0.15, 0.2) is 0 Å². The predicted molar refractivity (Wildman–Crippen MR) is 103 cm³/mol. The summed E-state index contributed by atoms with van der Waals surface area (Å²) in [5.41, 5.74) is 1.49. The molecule has 0 spiro atoms. The number of carbonyl (C=O) groups is 3. The van der Waals surface area contributed by atoms with Crippen molar-refractivity contribution in [2.45, 2.75) is 64.3 Å². The SMILES string of the molecule is CCN1CCCC1C(C)Oc1ccc2c(c1)CN(C1CCC(=O)NC1=O)C2=O. The molecule has 0 saturated carbocycles. The fraction of sp³-hybridized carbons (Fsp3) is 0.571. The minimum Gasteiger partial charge on any atom is -0.489 e. The molecule has 7 heteroatoms. The zero-order valence-corrected chi connectivity index (χ0v) is 16.4. The fourth-order valence-corrected chi connectivity index (χ4v) is 4.69. The summed E-state index contributed by atoms with van der Waals surface area (Å²) in [6.07, 6.45) is 3.05. The first-order valence-corrected chi connectivity index (χ1v) is 10.2. The van der Waals surface area contributed by atoms with Crippen LogP contribution in [0.15, 0.2) is 18.2 Å². The Morgan fingerprint density at radius 3 is 2.82 bits per heavy atom. The minimum atomic E-state index is -0.586. The Hall–Kier alpha value is -2.41. The summed E-state index contributed by atoms with van der Waals surface area (Å²) < 4.78 is 6.21. The van der Waals surface area contributed by atoms with Crippen molar-refractivity contribution in [3.05, 3.63) is 29.3 Å². The second-order valence-electron chi connectivity index (χ2n) is 7.88. The lowest BCUT2D eigenvalue weighted by Crippen LogP contribution is -2.52. The molecule has 2 fully saturated rings. The summed E-state index contributed by atoms with van der Waals surface area (Å²) in [6, 6.07) is 5.38. The fourth-order valence-electron chi connectivity index (χ4n) is 4.69. The first kappa shape index (κ1) is 18.9. The number of fused-ring (bicyclic) bond motifs is 1. The number of ether oxygens (including phenoxy) is 1. The average molecular weight is 385 g/mol. The van der Waals surface area contributed by atoms with Crippen molar-refractivity contribution >= 4 is 17.7 Å². The summed E-state index contributed by atoms with van der Waals surface area (Å²) in [5.74, 6) is -0.0595. The number of imide groups is 1. The molecule has 3 aliphatic heterocycles. The van der Waals surface area contributed by atoms with Crippen molar-refractivity contribution in [1.82, 2.24) is 15.1 Å². The summed E-state index contributed by atoms with van der Waals surface area (Å²) >= 11 is 0. The topological polar surface area (TPSA) is 79.0 Å². The van der Waals surface area contributed by atoms with Gasteiger partial charge in [-0.25, -0.2) is 0 Å². The number of nitrogens with one attached hydrogen (secondary N) is 1. The second kappa shape index (κ2) is 7.54. The third kappa shape index (κ3) is 3.39. The molecule has 2 saturated heterocycles. The third-order valence-electron chi connectivity index (χ3n) is 6.18.